The van der Waals surface area contributed by atoms with Crippen LogP contribution < -0.4 is 10.1 Å². The summed E-state index contributed by atoms with van der Waals surface area (Å²) in [5.41, 5.74) is 0.943. The molecule has 0 fully saturated rings. The predicted octanol–water partition coefficient (Wildman–Crippen LogP) is 2.94. The van der Waals surface area contributed by atoms with E-state index in [2.05, 4.69) is 5.32 Å². The highest BCUT2D eigenvalue weighted by Gasteiger charge is 2.15. The minimum absolute atomic E-state index is 0.108. The van der Waals surface area contributed by atoms with Gasteiger partial charge in [-0.1, -0.05) is 0 Å². The van der Waals surface area contributed by atoms with Crippen LogP contribution >= 0.6 is 0 Å². The average Bonchev–Trinajstić information content (AvgIpc) is 2.57. The number of halogens is 1. The number of carbonyl (C=O) groups is 2. The maximum atomic E-state index is 12.8. The summed E-state index contributed by atoms with van der Waals surface area (Å²) in [6.45, 7) is 2.33. The Morgan fingerprint density at radius 1 is 1.08 bits per heavy atom. The van der Waals surface area contributed by atoms with E-state index >= 15 is 0 Å². The van der Waals surface area contributed by atoms with Crippen LogP contribution in [0.3, 0.4) is 0 Å². The number of nitrogens with one attached hydrogen (secondary N) is 1. The SMILES string of the molecule is CCOc1ccc(C(=O)N(C)CC(=O)Nc2ccc(F)cc2)cc1. The Labute approximate surface area is 140 Å². The molecule has 0 aromatic heterocycles. The number of likely N-dealkylation sites (N-methyl/N-ethyl adjacent to an activating group) is 1. The van der Waals surface area contributed by atoms with Crippen LogP contribution in [0.15, 0.2) is 48.5 Å². The second-order valence-corrected chi connectivity index (χ2v) is 5.17. The molecular weight excluding hydrogens is 311 g/mol. The van der Waals surface area contributed by atoms with Crippen LogP contribution in [0, 0.1) is 5.82 Å². The fourth-order valence-electron chi connectivity index (χ4n) is 2.10. The zero-order valence-corrected chi connectivity index (χ0v) is 13.6. The molecule has 0 saturated heterocycles. The largest absolute Gasteiger partial charge is 0.494 e. The van der Waals surface area contributed by atoms with Gasteiger partial charge in [-0.05, 0) is 55.5 Å². The summed E-state index contributed by atoms with van der Waals surface area (Å²) in [7, 11) is 1.54. The highest BCUT2D eigenvalue weighted by Crippen LogP contribution is 2.13. The molecule has 0 unspecified atom stereocenters. The van der Waals surface area contributed by atoms with Gasteiger partial charge in [-0.2, -0.15) is 0 Å². The fourth-order valence-corrected chi connectivity index (χ4v) is 2.10. The molecule has 5 nitrogen and oxygen atoms in total. The van der Waals surface area contributed by atoms with E-state index in [1.807, 2.05) is 6.92 Å². The maximum absolute atomic E-state index is 12.8. The third-order valence-corrected chi connectivity index (χ3v) is 3.27. The van der Waals surface area contributed by atoms with E-state index in [9.17, 15) is 14.0 Å². The first-order valence-electron chi connectivity index (χ1n) is 7.53. The van der Waals surface area contributed by atoms with E-state index < -0.39 is 0 Å². The quantitative estimate of drug-likeness (QED) is 0.886. The van der Waals surface area contributed by atoms with Gasteiger partial charge in [0.1, 0.15) is 11.6 Å². The van der Waals surface area contributed by atoms with Gasteiger partial charge in [-0.3, -0.25) is 9.59 Å². The van der Waals surface area contributed by atoms with Crippen molar-refractivity contribution in [2.75, 3.05) is 25.5 Å². The first kappa shape index (κ1) is 17.5. The van der Waals surface area contributed by atoms with Crippen LogP contribution in [-0.4, -0.2) is 36.9 Å². The van der Waals surface area contributed by atoms with E-state index in [1.165, 1.54) is 29.2 Å². The Bertz CT molecular complexity index is 699. The van der Waals surface area contributed by atoms with Crippen molar-refractivity contribution in [1.82, 2.24) is 4.90 Å². The molecule has 0 radical (unpaired) electrons. The van der Waals surface area contributed by atoms with Crippen molar-refractivity contribution in [2.45, 2.75) is 6.92 Å². The number of hydrogen-bond acceptors (Lipinski definition) is 3. The summed E-state index contributed by atoms with van der Waals surface area (Å²) in [6, 6.07) is 12.2. The number of hydrogen-bond donors (Lipinski definition) is 1. The third-order valence-electron chi connectivity index (χ3n) is 3.27. The summed E-state index contributed by atoms with van der Waals surface area (Å²) >= 11 is 0. The van der Waals surface area contributed by atoms with Gasteiger partial charge in [-0.25, -0.2) is 4.39 Å². The van der Waals surface area contributed by atoms with Crippen molar-refractivity contribution in [3.8, 4) is 5.75 Å². The summed E-state index contributed by atoms with van der Waals surface area (Å²) in [4.78, 5) is 25.6. The van der Waals surface area contributed by atoms with Crippen LogP contribution in [0.5, 0.6) is 5.75 Å². The van der Waals surface area contributed by atoms with Crippen LogP contribution in [0.2, 0.25) is 0 Å². The molecule has 126 valence electrons. The Kier molecular flexibility index (Phi) is 5.89. The second kappa shape index (κ2) is 8.10. The summed E-state index contributed by atoms with van der Waals surface area (Å²) in [5.74, 6) is -0.322. The molecule has 0 atom stereocenters. The first-order chi connectivity index (χ1) is 11.5. The first-order valence-corrected chi connectivity index (χ1v) is 7.53. The number of carbonyl (C=O) groups excluding carboxylic acids is 2. The summed E-state index contributed by atoms with van der Waals surface area (Å²) in [6.07, 6.45) is 0. The molecule has 0 aliphatic rings. The average molecular weight is 330 g/mol. The van der Waals surface area contributed by atoms with Crippen LogP contribution in [0.1, 0.15) is 17.3 Å². The van der Waals surface area contributed by atoms with Gasteiger partial charge in [0.25, 0.3) is 5.91 Å². The van der Waals surface area contributed by atoms with Crippen molar-refractivity contribution < 1.29 is 18.7 Å². The zero-order chi connectivity index (χ0) is 17.5. The number of ether oxygens (including phenoxy) is 1. The molecule has 2 aromatic rings. The molecule has 6 heteroatoms. The fraction of sp³-hybridized carbons (Fsp3) is 0.222. The van der Waals surface area contributed by atoms with Gasteiger partial charge in [0.15, 0.2) is 0 Å². The predicted molar refractivity (Wildman–Crippen MR) is 89.6 cm³/mol. The topological polar surface area (TPSA) is 58.6 Å². The molecule has 0 aliphatic heterocycles. The van der Waals surface area contributed by atoms with Crippen LogP contribution in [-0.2, 0) is 4.79 Å². The van der Waals surface area contributed by atoms with Gasteiger partial charge >= 0.3 is 0 Å². The highest BCUT2D eigenvalue weighted by molar-refractivity contribution is 5.99. The van der Waals surface area contributed by atoms with Gasteiger partial charge in [0.2, 0.25) is 5.91 Å². The van der Waals surface area contributed by atoms with E-state index in [-0.39, 0.29) is 24.2 Å². The summed E-state index contributed by atoms with van der Waals surface area (Å²) < 4.78 is 18.2. The smallest absolute Gasteiger partial charge is 0.254 e. The number of rotatable bonds is 6. The number of benzene rings is 2. The van der Waals surface area contributed by atoms with Crippen molar-refractivity contribution in [2.24, 2.45) is 0 Å². The Morgan fingerprint density at radius 3 is 2.29 bits per heavy atom. The van der Waals surface area contributed by atoms with Gasteiger partial charge < -0.3 is 15.0 Å². The van der Waals surface area contributed by atoms with Crippen LogP contribution in [0.4, 0.5) is 10.1 Å². The summed E-state index contributed by atoms with van der Waals surface area (Å²) in [5, 5.41) is 2.61. The molecule has 1 N–H and O–H groups in total. The van der Waals surface area contributed by atoms with E-state index in [0.29, 0.717) is 23.6 Å². The van der Waals surface area contributed by atoms with Gasteiger partial charge in [0.05, 0.1) is 13.2 Å². The Balaban J connectivity index is 1.92. The Morgan fingerprint density at radius 2 is 1.71 bits per heavy atom. The lowest BCUT2D eigenvalue weighted by molar-refractivity contribution is -0.116. The standard InChI is InChI=1S/C18H19FN2O3/c1-3-24-16-10-4-13(5-11-16)18(23)21(2)12-17(22)20-15-8-6-14(19)7-9-15/h4-11H,3,12H2,1-2H3,(H,20,22). The third kappa shape index (κ3) is 4.81. The molecule has 0 spiro atoms. The molecule has 0 aliphatic carbocycles. The van der Waals surface area contributed by atoms with Crippen molar-refractivity contribution >= 4 is 17.5 Å². The minimum Gasteiger partial charge on any atom is -0.494 e. The zero-order valence-electron chi connectivity index (χ0n) is 13.6. The number of anilines is 1. The monoisotopic (exact) mass is 330 g/mol. The van der Waals surface area contributed by atoms with Crippen molar-refractivity contribution in [1.29, 1.82) is 0 Å². The normalized spacial score (nSPS) is 10.1. The molecule has 0 saturated carbocycles. The number of amides is 2. The molecule has 2 amide bonds. The molecular formula is C18H19FN2O3. The highest BCUT2D eigenvalue weighted by atomic mass is 19.1. The molecule has 2 aromatic carbocycles. The minimum atomic E-state index is -0.379. The molecule has 2 rings (SSSR count). The Hall–Kier alpha value is -2.89. The van der Waals surface area contributed by atoms with E-state index in [1.54, 1.807) is 31.3 Å². The van der Waals surface area contributed by atoms with E-state index in [4.69, 9.17) is 4.74 Å². The van der Waals surface area contributed by atoms with Gasteiger partial charge in [-0.15, -0.1) is 0 Å². The lowest BCUT2D eigenvalue weighted by Gasteiger charge is -2.17. The van der Waals surface area contributed by atoms with Crippen LogP contribution in [0.25, 0.3) is 0 Å². The molecule has 0 bridgehead atoms. The maximum Gasteiger partial charge on any atom is 0.254 e. The second-order valence-electron chi connectivity index (χ2n) is 5.17. The number of nitrogens with zero attached hydrogens (tertiary/aromatic N) is 1. The van der Waals surface area contributed by atoms with Crippen molar-refractivity contribution in [3.05, 3.63) is 59.9 Å². The van der Waals surface area contributed by atoms with Gasteiger partial charge in [0, 0.05) is 18.3 Å². The molecule has 0 heterocycles. The molecule has 24 heavy (non-hydrogen) atoms. The lowest BCUT2D eigenvalue weighted by atomic mass is 10.2. The lowest BCUT2D eigenvalue weighted by Crippen LogP contribution is -2.34. The van der Waals surface area contributed by atoms with Crippen molar-refractivity contribution in [3.63, 3.8) is 0 Å². The van der Waals surface area contributed by atoms with E-state index in [0.717, 1.165) is 0 Å².